The van der Waals surface area contributed by atoms with Gasteiger partial charge in [-0.05, 0) is 50.4 Å². The predicted octanol–water partition coefficient (Wildman–Crippen LogP) is 2.74. The minimum atomic E-state index is -0.0290. The fraction of sp³-hybridized carbons (Fsp3) is 0.714. The Hall–Kier alpha value is -1.29. The topological polar surface area (TPSA) is 64.3 Å². The van der Waals surface area contributed by atoms with E-state index in [1.165, 1.54) is 32.4 Å². The van der Waals surface area contributed by atoms with Crippen molar-refractivity contribution in [3.05, 3.63) is 24.2 Å². The summed E-state index contributed by atoms with van der Waals surface area (Å²) in [6.45, 7) is 10.9. The highest BCUT2D eigenvalue weighted by atomic mass is 127. The molecule has 2 saturated heterocycles. The number of guanidine groups is 1. The van der Waals surface area contributed by atoms with E-state index in [1.54, 1.807) is 18.4 Å². The standard InChI is InChI=1S/C21H35N5O2.HI/c1-17(2)15-18(24-8-4-5-9-24)16-23-21(22-3)26-12-10-25(11-13-26)20(27)19-7-6-14-28-19;/h6-7,14,17-18H,4-5,8-13,15-16H2,1-3H3,(H,22,23);1H. The summed E-state index contributed by atoms with van der Waals surface area (Å²) in [7, 11) is 1.84. The summed E-state index contributed by atoms with van der Waals surface area (Å²) in [6, 6.07) is 4.03. The average molecular weight is 517 g/mol. The molecule has 29 heavy (non-hydrogen) atoms. The van der Waals surface area contributed by atoms with Crippen molar-refractivity contribution in [2.75, 3.05) is 52.9 Å². The summed E-state index contributed by atoms with van der Waals surface area (Å²) in [4.78, 5) is 23.7. The van der Waals surface area contributed by atoms with Gasteiger partial charge in [-0.25, -0.2) is 0 Å². The second-order valence-electron chi connectivity index (χ2n) is 8.21. The van der Waals surface area contributed by atoms with Gasteiger partial charge < -0.3 is 19.5 Å². The Morgan fingerprint density at radius 2 is 1.79 bits per heavy atom. The molecule has 0 bridgehead atoms. The Kier molecular flexibility index (Phi) is 9.74. The van der Waals surface area contributed by atoms with E-state index in [0.29, 0.717) is 30.8 Å². The summed E-state index contributed by atoms with van der Waals surface area (Å²) in [5.74, 6) is 2.01. The van der Waals surface area contributed by atoms with Crippen LogP contribution in [0.15, 0.2) is 27.8 Å². The molecule has 1 atom stereocenters. The Labute approximate surface area is 191 Å². The Morgan fingerprint density at radius 3 is 2.34 bits per heavy atom. The maximum absolute atomic E-state index is 12.4. The van der Waals surface area contributed by atoms with Crippen molar-refractivity contribution in [3.8, 4) is 0 Å². The van der Waals surface area contributed by atoms with Crippen molar-refractivity contribution in [2.24, 2.45) is 10.9 Å². The molecule has 3 heterocycles. The van der Waals surface area contributed by atoms with Crippen LogP contribution in [0.1, 0.15) is 43.7 Å². The molecule has 1 unspecified atom stereocenters. The average Bonchev–Trinajstić information content (AvgIpc) is 3.41. The highest BCUT2D eigenvalue weighted by Crippen LogP contribution is 2.17. The summed E-state index contributed by atoms with van der Waals surface area (Å²) >= 11 is 0. The number of carbonyl (C=O) groups is 1. The van der Waals surface area contributed by atoms with E-state index in [-0.39, 0.29) is 29.9 Å². The molecular weight excluding hydrogens is 481 g/mol. The van der Waals surface area contributed by atoms with E-state index in [1.807, 2.05) is 11.9 Å². The van der Waals surface area contributed by atoms with Crippen molar-refractivity contribution >= 4 is 35.8 Å². The third-order valence-electron chi connectivity index (χ3n) is 5.71. The summed E-state index contributed by atoms with van der Waals surface area (Å²) in [6.07, 6.45) is 5.38. The number of hydrogen-bond acceptors (Lipinski definition) is 4. The molecule has 0 aliphatic carbocycles. The molecule has 1 aromatic heterocycles. The van der Waals surface area contributed by atoms with Gasteiger partial charge in [0.15, 0.2) is 11.7 Å². The molecule has 0 aromatic carbocycles. The molecule has 1 amide bonds. The van der Waals surface area contributed by atoms with Gasteiger partial charge in [0, 0.05) is 45.8 Å². The number of halogens is 1. The van der Waals surface area contributed by atoms with E-state index in [9.17, 15) is 4.79 Å². The molecule has 0 spiro atoms. The SMILES string of the molecule is CN=C(NCC(CC(C)C)N1CCCC1)N1CCN(C(=O)c2ccco2)CC1.I. The van der Waals surface area contributed by atoms with Gasteiger partial charge in [-0.1, -0.05) is 13.8 Å². The van der Waals surface area contributed by atoms with Crippen LogP contribution in [0.25, 0.3) is 0 Å². The molecule has 3 rings (SSSR count). The zero-order chi connectivity index (χ0) is 19.9. The van der Waals surface area contributed by atoms with Crippen LogP contribution in [-0.4, -0.2) is 85.5 Å². The van der Waals surface area contributed by atoms with E-state index in [4.69, 9.17) is 4.42 Å². The van der Waals surface area contributed by atoms with Crippen molar-refractivity contribution < 1.29 is 9.21 Å². The molecule has 164 valence electrons. The maximum Gasteiger partial charge on any atom is 0.289 e. The number of nitrogens with zero attached hydrogens (tertiary/aromatic N) is 4. The van der Waals surface area contributed by atoms with Crippen LogP contribution in [0, 0.1) is 5.92 Å². The molecule has 7 nitrogen and oxygen atoms in total. The first kappa shape index (κ1) is 24.0. The zero-order valence-electron chi connectivity index (χ0n) is 18.0. The summed E-state index contributed by atoms with van der Waals surface area (Å²) in [5, 5.41) is 3.61. The first-order valence-electron chi connectivity index (χ1n) is 10.6. The number of piperazine rings is 1. The predicted molar refractivity (Wildman–Crippen MR) is 127 cm³/mol. The minimum absolute atomic E-state index is 0. The number of carbonyl (C=O) groups excluding carboxylic acids is 1. The van der Waals surface area contributed by atoms with Gasteiger partial charge in [0.2, 0.25) is 0 Å². The normalized spacial score (nSPS) is 19.4. The van der Waals surface area contributed by atoms with Gasteiger partial charge in [0.25, 0.3) is 5.91 Å². The second-order valence-corrected chi connectivity index (χ2v) is 8.21. The van der Waals surface area contributed by atoms with E-state index in [2.05, 4.69) is 34.0 Å². The van der Waals surface area contributed by atoms with Crippen LogP contribution in [0.2, 0.25) is 0 Å². The van der Waals surface area contributed by atoms with E-state index >= 15 is 0 Å². The quantitative estimate of drug-likeness (QED) is 0.357. The van der Waals surface area contributed by atoms with Crippen molar-refractivity contribution in [3.63, 3.8) is 0 Å². The lowest BCUT2D eigenvalue weighted by atomic mass is 10.0. The number of nitrogens with one attached hydrogen (secondary N) is 1. The van der Waals surface area contributed by atoms with Gasteiger partial charge in [-0.2, -0.15) is 0 Å². The van der Waals surface area contributed by atoms with Gasteiger partial charge >= 0.3 is 0 Å². The Balaban J connectivity index is 0.00000300. The van der Waals surface area contributed by atoms with Crippen LogP contribution in [0.5, 0.6) is 0 Å². The molecule has 0 saturated carbocycles. The summed E-state index contributed by atoms with van der Waals surface area (Å²) < 4.78 is 5.24. The second kappa shape index (κ2) is 11.8. The first-order chi connectivity index (χ1) is 13.6. The Bertz CT molecular complexity index is 636. The van der Waals surface area contributed by atoms with Gasteiger partial charge in [-0.15, -0.1) is 24.0 Å². The third-order valence-corrected chi connectivity index (χ3v) is 5.71. The molecule has 1 aromatic rings. The monoisotopic (exact) mass is 517 g/mol. The van der Waals surface area contributed by atoms with Gasteiger partial charge in [0.05, 0.1) is 6.26 Å². The van der Waals surface area contributed by atoms with Crippen LogP contribution in [0.3, 0.4) is 0 Å². The maximum atomic E-state index is 12.4. The fourth-order valence-corrected chi connectivity index (χ4v) is 4.23. The largest absolute Gasteiger partial charge is 0.459 e. The number of likely N-dealkylation sites (tertiary alicyclic amines) is 1. The third kappa shape index (κ3) is 6.60. The first-order valence-corrected chi connectivity index (χ1v) is 10.6. The number of furan rings is 1. The fourth-order valence-electron chi connectivity index (χ4n) is 4.23. The summed E-state index contributed by atoms with van der Waals surface area (Å²) in [5.41, 5.74) is 0. The van der Waals surface area contributed by atoms with Crippen LogP contribution in [0.4, 0.5) is 0 Å². The number of amides is 1. The molecule has 0 radical (unpaired) electrons. The van der Waals surface area contributed by atoms with E-state index in [0.717, 1.165) is 25.6 Å². The lowest BCUT2D eigenvalue weighted by molar-refractivity contribution is 0.0657. The molecule has 1 N–H and O–H groups in total. The molecular formula is C21H36IN5O2. The number of hydrogen-bond donors (Lipinski definition) is 1. The van der Waals surface area contributed by atoms with Crippen molar-refractivity contribution in [1.29, 1.82) is 0 Å². The smallest absolute Gasteiger partial charge is 0.289 e. The molecule has 8 heteroatoms. The Morgan fingerprint density at radius 1 is 1.14 bits per heavy atom. The number of rotatable bonds is 6. The van der Waals surface area contributed by atoms with Gasteiger partial charge in [-0.3, -0.25) is 14.7 Å². The van der Waals surface area contributed by atoms with Crippen molar-refractivity contribution in [1.82, 2.24) is 20.0 Å². The highest BCUT2D eigenvalue weighted by molar-refractivity contribution is 14.0. The number of aliphatic imine (C=N–C) groups is 1. The van der Waals surface area contributed by atoms with Crippen LogP contribution < -0.4 is 5.32 Å². The van der Waals surface area contributed by atoms with Crippen LogP contribution in [-0.2, 0) is 0 Å². The van der Waals surface area contributed by atoms with Gasteiger partial charge in [0.1, 0.15) is 0 Å². The van der Waals surface area contributed by atoms with E-state index < -0.39 is 0 Å². The van der Waals surface area contributed by atoms with Crippen molar-refractivity contribution in [2.45, 2.75) is 39.2 Å². The lowest BCUT2D eigenvalue weighted by Crippen LogP contribution is -2.55. The molecule has 2 fully saturated rings. The molecule has 2 aliphatic rings. The zero-order valence-corrected chi connectivity index (χ0v) is 20.3. The molecule has 2 aliphatic heterocycles. The van der Waals surface area contributed by atoms with Crippen LogP contribution >= 0.6 is 24.0 Å². The highest BCUT2D eigenvalue weighted by Gasteiger charge is 2.27. The lowest BCUT2D eigenvalue weighted by Gasteiger charge is -2.37. The minimum Gasteiger partial charge on any atom is -0.459 e.